The van der Waals surface area contributed by atoms with E-state index in [1.165, 1.54) is 0 Å². The van der Waals surface area contributed by atoms with Crippen LogP contribution in [0, 0.1) is 0 Å². The largest absolute Gasteiger partial charge is 0.355 e. The minimum Gasteiger partial charge on any atom is -0.355 e. The molecule has 1 aromatic rings. The standard InChI is InChI=1S/C18H27N5O2.HI/c1-4-16(24)23-10-9-15(12-23)22-18(20-3)21-11-13-5-7-14(8-6-13)17(25)19-2;/h5-8,15H,4,9-12H2,1-3H3,(H,19,25)(H2,20,21,22);1H. The van der Waals surface area contributed by atoms with Gasteiger partial charge in [0, 0.05) is 51.8 Å². The Hall–Kier alpha value is -1.84. The van der Waals surface area contributed by atoms with E-state index in [0.717, 1.165) is 18.5 Å². The number of benzene rings is 1. The quantitative estimate of drug-likeness (QED) is 0.343. The summed E-state index contributed by atoms with van der Waals surface area (Å²) < 4.78 is 0. The van der Waals surface area contributed by atoms with Gasteiger partial charge in [-0.05, 0) is 24.1 Å². The van der Waals surface area contributed by atoms with Gasteiger partial charge >= 0.3 is 0 Å². The molecule has 2 amide bonds. The van der Waals surface area contributed by atoms with Crippen molar-refractivity contribution in [2.45, 2.75) is 32.4 Å². The summed E-state index contributed by atoms with van der Waals surface area (Å²) in [6, 6.07) is 7.66. The van der Waals surface area contributed by atoms with Crippen molar-refractivity contribution >= 4 is 41.8 Å². The Labute approximate surface area is 172 Å². The molecule has 1 heterocycles. The highest BCUT2D eigenvalue weighted by Crippen LogP contribution is 2.10. The highest BCUT2D eigenvalue weighted by atomic mass is 127. The van der Waals surface area contributed by atoms with Gasteiger partial charge in [0.1, 0.15) is 0 Å². The summed E-state index contributed by atoms with van der Waals surface area (Å²) in [7, 11) is 3.35. The van der Waals surface area contributed by atoms with E-state index in [9.17, 15) is 9.59 Å². The van der Waals surface area contributed by atoms with Crippen LogP contribution in [0.4, 0.5) is 0 Å². The molecule has 144 valence electrons. The van der Waals surface area contributed by atoms with Gasteiger partial charge in [-0.2, -0.15) is 0 Å². The molecule has 8 heteroatoms. The number of carbonyl (C=O) groups excluding carboxylic acids is 2. The Bertz CT molecular complexity index is 633. The van der Waals surface area contributed by atoms with Gasteiger partial charge in [0.05, 0.1) is 0 Å². The van der Waals surface area contributed by atoms with E-state index in [-0.39, 0.29) is 41.8 Å². The van der Waals surface area contributed by atoms with Crippen LogP contribution >= 0.6 is 24.0 Å². The van der Waals surface area contributed by atoms with Crippen LogP contribution in [0.15, 0.2) is 29.3 Å². The maximum atomic E-state index is 11.7. The van der Waals surface area contributed by atoms with Gasteiger partial charge in [-0.1, -0.05) is 19.1 Å². The van der Waals surface area contributed by atoms with Crippen molar-refractivity contribution in [3.05, 3.63) is 35.4 Å². The second-order valence-corrected chi connectivity index (χ2v) is 6.03. The molecular formula is C18H28IN5O2. The highest BCUT2D eigenvalue weighted by Gasteiger charge is 2.25. The average Bonchev–Trinajstić information content (AvgIpc) is 3.12. The van der Waals surface area contributed by atoms with Gasteiger partial charge < -0.3 is 20.9 Å². The molecule has 1 atom stereocenters. The molecule has 26 heavy (non-hydrogen) atoms. The number of nitrogens with one attached hydrogen (secondary N) is 3. The lowest BCUT2D eigenvalue weighted by molar-refractivity contribution is -0.129. The van der Waals surface area contributed by atoms with Crippen molar-refractivity contribution in [2.75, 3.05) is 27.2 Å². The zero-order valence-corrected chi connectivity index (χ0v) is 17.9. The first kappa shape index (κ1) is 22.2. The van der Waals surface area contributed by atoms with Crippen molar-refractivity contribution in [1.29, 1.82) is 0 Å². The minimum absolute atomic E-state index is 0. The molecule has 7 nitrogen and oxygen atoms in total. The van der Waals surface area contributed by atoms with Crippen LogP contribution < -0.4 is 16.0 Å². The fraction of sp³-hybridized carbons (Fsp3) is 0.500. The summed E-state index contributed by atoms with van der Waals surface area (Å²) in [5.41, 5.74) is 1.70. The Kier molecular flexibility index (Phi) is 9.39. The Morgan fingerprint density at radius 1 is 1.27 bits per heavy atom. The number of rotatable bonds is 5. The van der Waals surface area contributed by atoms with E-state index in [4.69, 9.17) is 0 Å². The smallest absolute Gasteiger partial charge is 0.251 e. The molecule has 1 saturated heterocycles. The molecule has 0 saturated carbocycles. The number of halogens is 1. The second-order valence-electron chi connectivity index (χ2n) is 6.03. The number of nitrogens with zero attached hydrogens (tertiary/aromatic N) is 2. The fourth-order valence-corrected chi connectivity index (χ4v) is 2.82. The van der Waals surface area contributed by atoms with Crippen LogP contribution in [0.1, 0.15) is 35.7 Å². The molecule has 0 spiro atoms. The van der Waals surface area contributed by atoms with E-state index in [0.29, 0.717) is 31.0 Å². The fourth-order valence-electron chi connectivity index (χ4n) is 2.82. The zero-order chi connectivity index (χ0) is 18.2. The maximum absolute atomic E-state index is 11.7. The summed E-state index contributed by atoms with van der Waals surface area (Å²) >= 11 is 0. The summed E-state index contributed by atoms with van der Waals surface area (Å²) in [6.07, 6.45) is 1.47. The number of likely N-dealkylation sites (tertiary alicyclic amines) is 1. The summed E-state index contributed by atoms with van der Waals surface area (Å²) in [4.78, 5) is 29.4. The summed E-state index contributed by atoms with van der Waals surface area (Å²) in [6.45, 7) is 4.01. The highest BCUT2D eigenvalue weighted by molar-refractivity contribution is 14.0. The lowest BCUT2D eigenvalue weighted by Crippen LogP contribution is -2.44. The van der Waals surface area contributed by atoms with E-state index in [1.807, 2.05) is 24.0 Å². The Balaban J connectivity index is 0.00000338. The number of hydrogen-bond donors (Lipinski definition) is 3. The molecule has 1 fully saturated rings. The molecule has 1 aliphatic heterocycles. The molecule has 0 radical (unpaired) electrons. The number of aliphatic imine (C=N–C) groups is 1. The number of carbonyl (C=O) groups is 2. The first-order valence-corrected chi connectivity index (χ1v) is 8.63. The number of amides is 2. The van der Waals surface area contributed by atoms with Gasteiger partial charge in [0.2, 0.25) is 5.91 Å². The first-order valence-electron chi connectivity index (χ1n) is 8.63. The zero-order valence-electron chi connectivity index (χ0n) is 15.5. The minimum atomic E-state index is -0.0931. The van der Waals surface area contributed by atoms with Gasteiger partial charge in [0.25, 0.3) is 5.91 Å². The van der Waals surface area contributed by atoms with E-state index in [2.05, 4.69) is 20.9 Å². The number of guanidine groups is 1. The Morgan fingerprint density at radius 3 is 2.54 bits per heavy atom. The van der Waals surface area contributed by atoms with Crippen molar-refractivity contribution in [1.82, 2.24) is 20.9 Å². The monoisotopic (exact) mass is 473 g/mol. The SMILES string of the molecule is CCC(=O)N1CCC(NC(=NC)NCc2ccc(C(=O)NC)cc2)C1.I. The van der Waals surface area contributed by atoms with Gasteiger partial charge in [-0.3, -0.25) is 14.6 Å². The van der Waals surface area contributed by atoms with Crippen molar-refractivity contribution in [3.8, 4) is 0 Å². The van der Waals surface area contributed by atoms with Crippen molar-refractivity contribution in [3.63, 3.8) is 0 Å². The predicted octanol–water partition coefficient (Wildman–Crippen LogP) is 1.34. The second kappa shape index (κ2) is 11.0. The van der Waals surface area contributed by atoms with Crippen LogP contribution in [-0.4, -0.2) is 55.9 Å². The molecular weight excluding hydrogens is 445 g/mol. The lowest BCUT2D eigenvalue weighted by Gasteiger charge is -2.18. The average molecular weight is 473 g/mol. The van der Waals surface area contributed by atoms with Crippen LogP contribution in [0.2, 0.25) is 0 Å². The molecule has 1 aliphatic rings. The predicted molar refractivity (Wildman–Crippen MR) is 114 cm³/mol. The van der Waals surface area contributed by atoms with Gasteiger partial charge in [-0.15, -0.1) is 24.0 Å². The van der Waals surface area contributed by atoms with Gasteiger partial charge in [0.15, 0.2) is 5.96 Å². The molecule has 0 aromatic heterocycles. The third-order valence-electron chi connectivity index (χ3n) is 4.31. The first-order chi connectivity index (χ1) is 12.1. The third kappa shape index (κ3) is 6.15. The molecule has 1 unspecified atom stereocenters. The van der Waals surface area contributed by atoms with Crippen LogP contribution in [0.5, 0.6) is 0 Å². The molecule has 3 N–H and O–H groups in total. The normalized spacial score (nSPS) is 16.7. The molecule has 0 bridgehead atoms. The lowest BCUT2D eigenvalue weighted by atomic mass is 10.1. The third-order valence-corrected chi connectivity index (χ3v) is 4.31. The van der Waals surface area contributed by atoms with Crippen molar-refractivity contribution in [2.24, 2.45) is 4.99 Å². The number of hydrogen-bond acceptors (Lipinski definition) is 3. The van der Waals surface area contributed by atoms with E-state index >= 15 is 0 Å². The Morgan fingerprint density at radius 2 is 1.96 bits per heavy atom. The summed E-state index contributed by atoms with van der Waals surface area (Å²) in [5.74, 6) is 0.819. The maximum Gasteiger partial charge on any atom is 0.251 e. The van der Waals surface area contributed by atoms with Gasteiger partial charge in [-0.25, -0.2) is 0 Å². The summed E-state index contributed by atoms with van der Waals surface area (Å²) in [5, 5.41) is 9.24. The van der Waals surface area contributed by atoms with Crippen LogP contribution in [0.3, 0.4) is 0 Å². The van der Waals surface area contributed by atoms with Crippen molar-refractivity contribution < 1.29 is 9.59 Å². The topological polar surface area (TPSA) is 85.8 Å². The molecule has 2 rings (SSSR count). The molecule has 0 aliphatic carbocycles. The molecule has 1 aromatic carbocycles. The van der Waals surface area contributed by atoms with E-state index < -0.39 is 0 Å². The van der Waals surface area contributed by atoms with E-state index in [1.54, 1.807) is 26.2 Å². The van der Waals surface area contributed by atoms with Crippen LogP contribution in [-0.2, 0) is 11.3 Å². The van der Waals surface area contributed by atoms with Crippen LogP contribution in [0.25, 0.3) is 0 Å².